The smallest absolute Gasteiger partial charge is 0.211 e. The Labute approximate surface area is 161 Å². The van der Waals surface area contributed by atoms with Gasteiger partial charge < -0.3 is 9.88 Å². The van der Waals surface area contributed by atoms with Crippen molar-refractivity contribution in [2.24, 2.45) is 13.0 Å². The van der Waals surface area contributed by atoms with Gasteiger partial charge in [0.15, 0.2) is 5.16 Å². The molecule has 3 rings (SSSR count). The van der Waals surface area contributed by atoms with Crippen LogP contribution in [0.15, 0.2) is 40.1 Å². The lowest BCUT2D eigenvalue weighted by atomic mass is 9.95. The molecule has 0 saturated carbocycles. The minimum Gasteiger partial charge on any atom is -0.319 e. The second kappa shape index (κ2) is 9.01. The lowest BCUT2D eigenvalue weighted by Crippen LogP contribution is -2.29. The van der Waals surface area contributed by atoms with Crippen LogP contribution in [0, 0.1) is 5.92 Å². The minimum atomic E-state index is 0.0163. The first-order valence-electron chi connectivity index (χ1n) is 8.80. The highest BCUT2D eigenvalue weighted by molar-refractivity contribution is 9.10. The SMILES string of the molecule is Cn1c(C(=O)c2ccc(Br)cc2)cnc1SCCCC1CCCNC1. The molecule has 1 aromatic heterocycles. The third-order valence-electron chi connectivity index (χ3n) is 4.67. The van der Waals surface area contributed by atoms with Crippen molar-refractivity contribution >= 4 is 33.5 Å². The molecule has 25 heavy (non-hydrogen) atoms. The van der Waals surface area contributed by atoms with E-state index in [1.807, 2.05) is 35.9 Å². The lowest BCUT2D eigenvalue weighted by Gasteiger charge is -2.22. The van der Waals surface area contributed by atoms with Gasteiger partial charge in [0.2, 0.25) is 5.78 Å². The monoisotopic (exact) mass is 421 g/mol. The molecule has 0 radical (unpaired) electrons. The fourth-order valence-electron chi connectivity index (χ4n) is 3.19. The Morgan fingerprint density at radius 1 is 1.40 bits per heavy atom. The number of piperidine rings is 1. The van der Waals surface area contributed by atoms with E-state index in [1.54, 1.807) is 18.0 Å². The highest BCUT2D eigenvalue weighted by atomic mass is 79.9. The maximum absolute atomic E-state index is 12.6. The van der Waals surface area contributed by atoms with Gasteiger partial charge in [0.05, 0.1) is 6.20 Å². The van der Waals surface area contributed by atoms with Crippen molar-refractivity contribution in [3.8, 4) is 0 Å². The molecule has 1 atom stereocenters. The fourth-order valence-corrected chi connectivity index (χ4v) is 4.37. The highest BCUT2D eigenvalue weighted by Gasteiger charge is 2.17. The van der Waals surface area contributed by atoms with Crippen LogP contribution in [-0.2, 0) is 7.05 Å². The Kier molecular flexibility index (Phi) is 6.73. The van der Waals surface area contributed by atoms with Crippen LogP contribution in [0.1, 0.15) is 41.7 Å². The fraction of sp³-hybridized carbons (Fsp3) is 0.474. The van der Waals surface area contributed by atoms with Crippen molar-refractivity contribution in [2.75, 3.05) is 18.8 Å². The van der Waals surface area contributed by atoms with Crippen molar-refractivity contribution in [1.29, 1.82) is 0 Å². The van der Waals surface area contributed by atoms with E-state index in [0.29, 0.717) is 11.3 Å². The van der Waals surface area contributed by atoms with E-state index in [0.717, 1.165) is 21.3 Å². The molecule has 1 fully saturated rings. The Hall–Kier alpha value is -1.11. The molecule has 0 aliphatic carbocycles. The van der Waals surface area contributed by atoms with Crippen molar-refractivity contribution < 1.29 is 4.79 Å². The summed E-state index contributed by atoms with van der Waals surface area (Å²) in [7, 11) is 1.92. The van der Waals surface area contributed by atoms with E-state index >= 15 is 0 Å². The molecule has 1 N–H and O–H groups in total. The van der Waals surface area contributed by atoms with E-state index in [9.17, 15) is 4.79 Å². The zero-order valence-corrected chi connectivity index (χ0v) is 16.9. The third kappa shape index (κ3) is 4.96. The summed E-state index contributed by atoms with van der Waals surface area (Å²) in [6.07, 6.45) is 6.82. The van der Waals surface area contributed by atoms with Crippen LogP contribution in [0.25, 0.3) is 0 Å². The van der Waals surface area contributed by atoms with Gasteiger partial charge in [-0.15, -0.1) is 0 Å². The van der Waals surface area contributed by atoms with E-state index in [-0.39, 0.29) is 5.78 Å². The largest absolute Gasteiger partial charge is 0.319 e. The summed E-state index contributed by atoms with van der Waals surface area (Å²) in [5.74, 6) is 1.89. The maximum Gasteiger partial charge on any atom is 0.211 e. The minimum absolute atomic E-state index is 0.0163. The van der Waals surface area contributed by atoms with Crippen molar-refractivity contribution in [2.45, 2.75) is 30.8 Å². The maximum atomic E-state index is 12.6. The van der Waals surface area contributed by atoms with Gasteiger partial charge >= 0.3 is 0 Å². The van der Waals surface area contributed by atoms with Gasteiger partial charge in [0, 0.05) is 22.8 Å². The van der Waals surface area contributed by atoms with Gasteiger partial charge in [-0.05, 0) is 69.0 Å². The van der Waals surface area contributed by atoms with Gasteiger partial charge in [-0.25, -0.2) is 4.98 Å². The molecule has 4 nitrogen and oxygen atoms in total. The molecule has 0 bridgehead atoms. The predicted molar refractivity (Wildman–Crippen MR) is 106 cm³/mol. The first kappa shape index (κ1) is 18.7. The summed E-state index contributed by atoms with van der Waals surface area (Å²) in [6, 6.07) is 7.45. The number of hydrogen-bond donors (Lipinski definition) is 1. The lowest BCUT2D eigenvalue weighted by molar-refractivity contribution is 0.103. The summed E-state index contributed by atoms with van der Waals surface area (Å²) < 4.78 is 2.88. The van der Waals surface area contributed by atoms with Crippen LogP contribution in [0.3, 0.4) is 0 Å². The zero-order valence-electron chi connectivity index (χ0n) is 14.5. The quantitative estimate of drug-likeness (QED) is 0.411. The molecular weight excluding hydrogens is 398 g/mol. The number of imidazole rings is 1. The standard InChI is InChI=1S/C19H24BrN3OS/c1-23-17(18(24)15-6-8-16(20)9-7-15)13-22-19(23)25-11-3-5-14-4-2-10-21-12-14/h6-9,13-14,21H,2-5,10-12H2,1H3. The average Bonchev–Trinajstić information content (AvgIpc) is 3.00. The van der Waals surface area contributed by atoms with Gasteiger partial charge in [-0.1, -0.05) is 27.7 Å². The van der Waals surface area contributed by atoms with Gasteiger partial charge in [-0.3, -0.25) is 4.79 Å². The Balaban J connectivity index is 1.53. The van der Waals surface area contributed by atoms with Crippen LogP contribution in [0.2, 0.25) is 0 Å². The number of hydrogen-bond acceptors (Lipinski definition) is 4. The van der Waals surface area contributed by atoms with Gasteiger partial charge in [-0.2, -0.15) is 0 Å². The van der Waals surface area contributed by atoms with Crippen molar-refractivity contribution in [1.82, 2.24) is 14.9 Å². The molecule has 1 unspecified atom stereocenters. The molecular formula is C19H24BrN3OS. The number of rotatable bonds is 7. The molecule has 1 aliphatic rings. The number of aromatic nitrogens is 2. The first-order valence-corrected chi connectivity index (χ1v) is 10.6. The van der Waals surface area contributed by atoms with Crippen LogP contribution in [-0.4, -0.2) is 34.2 Å². The average molecular weight is 422 g/mol. The Morgan fingerprint density at radius 3 is 2.92 bits per heavy atom. The molecule has 1 aromatic carbocycles. The molecule has 0 spiro atoms. The second-order valence-electron chi connectivity index (χ2n) is 6.52. The molecule has 134 valence electrons. The number of ketones is 1. The number of nitrogens with one attached hydrogen (secondary N) is 1. The van der Waals surface area contributed by atoms with Crippen LogP contribution in [0.4, 0.5) is 0 Å². The zero-order chi connectivity index (χ0) is 17.6. The molecule has 2 heterocycles. The first-order chi connectivity index (χ1) is 12.1. The van der Waals surface area contributed by atoms with Crippen LogP contribution in [0.5, 0.6) is 0 Å². The summed E-state index contributed by atoms with van der Waals surface area (Å²) in [4.78, 5) is 17.1. The molecule has 6 heteroatoms. The third-order valence-corrected chi connectivity index (χ3v) is 6.33. The number of carbonyl (C=O) groups is 1. The van der Waals surface area contributed by atoms with Crippen LogP contribution < -0.4 is 5.32 Å². The van der Waals surface area contributed by atoms with Crippen LogP contribution >= 0.6 is 27.7 Å². The summed E-state index contributed by atoms with van der Waals surface area (Å²) in [5.41, 5.74) is 1.33. The second-order valence-corrected chi connectivity index (χ2v) is 8.50. The molecule has 1 saturated heterocycles. The summed E-state index contributed by atoms with van der Waals surface area (Å²) in [6.45, 7) is 2.34. The van der Waals surface area contributed by atoms with E-state index in [1.165, 1.54) is 38.8 Å². The normalized spacial score (nSPS) is 17.6. The summed E-state index contributed by atoms with van der Waals surface area (Å²) in [5, 5.41) is 4.39. The van der Waals surface area contributed by atoms with E-state index in [2.05, 4.69) is 26.2 Å². The highest BCUT2D eigenvalue weighted by Crippen LogP contribution is 2.23. The molecule has 1 aliphatic heterocycles. The molecule has 2 aromatic rings. The number of carbonyl (C=O) groups excluding carboxylic acids is 1. The number of benzene rings is 1. The van der Waals surface area contributed by atoms with Gasteiger partial charge in [0.25, 0.3) is 0 Å². The van der Waals surface area contributed by atoms with Crippen molar-refractivity contribution in [3.05, 3.63) is 46.2 Å². The predicted octanol–water partition coefficient (Wildman–Crippen LogP) is 4.29. The summed E-state index contributed by atoms with van der Waals surface area (Å²) >= 11 is 5.14. The van der Waals surface area contributed by atoms with E-state index in [4.69, 9.17) is 0 Å². The number of thioether (sulfide) groups is 1. The van der Waals surface area contributed by atoms with Crippen molar-refractivity contribution in [3.63, 3.8) is 0 Å². The van der Waals surface area contributed by atoms with Gasteiger partial charge in [0.1, 0.15) is 5.69 Å². The Morgan fingerprint density at radius 2 is 2.20 bits per heavy atom. The molecule has 0 amide bonds. The topological polar surface area (TPSA) is 46.9 Å². The number of nitrogens with zero attached hydrogens (tertiary/aromatic N) is 2. The van der Waals surface area contributed by atoms with E-state index < -0.39 is 0 Å². The Bertz CT molecular complexity index is 708. The number of halogens is 1.